The van der Waals surface area contributed by atoms with Crippen LogP contribution in [0.4, 0.5) is 4.39 Å². The van der Waals surface area contributed by atoms with Gasteiger partial charge in [-0.25, -0.2) is 4.39 Å². The molecule has 0 saturated carbocycles. The first-order valence-corrected chi connectivity index (χ1v) is 9.54. The highest BCUT2D eigenvalue weighted by molar-refractivity contribution is 9.10. The van der Waals surface area contributed by atoms with Crippen LogP contribution >= 0.6 is 51.5 Å². The van der Waals surface area contributed by atoms with Crippen LogP contribution in [0.5, 0.6) is 0 Å². The zero-order valence-electron chi connectivity index (χ0n) is 12.8. The molecule has 3 rings (SSSR count). The van der Waals surface area contributed by atoms with Crippen molar-refractivity contribution in [1.82, 2.24) is 10.4 Å². The molecular weight excluding hydrogens is 463 g/mol. The third kappa shape index (κ3) is 4.15. The Morgan fingerprint density at radius 1 is 1.27 bits per heavy atom. The maximum absolute atomic E-state index is 13.3. The van der Waals surface area contributed by atoms with Crippen LogP contribution in [0.3, 0.4) is 0 Å². The number of nitrogens with zero attached hydrogens (tertiary/aromatic N) is 1. The van der Waals surface area contributed by atoms with Crippen molar-refractivity contribution in [2.45, 2.75) is 0 Å². The van der Waals surface area contributed by atoms with Crippen LogP contribution in [-0.4, -0.2) is 21.1 Å². The highest BCUT2D eigenvalue weighted by Gasteiger charge is 2.33. The first-order chi connectivity index (χ1) is 12.3. The van der Waals surface area contributed by atoms with Crippen molar-refractivity contribution < 1.29 is 14.0 Å². The summed E-state index contributed by atoms with van der Waals surface area (Å²) in [4.78, 5) is 25.1. The highest BCUT2D eigenvalue weighted by atomic mass is 79.9. The zero-order chi connectivity index (χ0) is 18.8. The summed E-state index contributed by atoms with van der Waals surface area (Å²) in [7, 11) is 0. The normalized spacial score (nSPS) is 15.7. The summed E-state index contributed by atoms with van der Waals surface area (Å²) >= 11 is 15.1. The molecule has 1 saturated heterocycles. The second-order valence-electron chi connectivity index (χ2n) is 5.14. The van der Waals surface area contributed by atoms with Crippen molar-refractivity contribution in [3.05, 3.63) is 73.8 Å². The Labute approximate surface area is 171 Å². The van der Waals surface area contributed by atoms with E-state index in [9.17, 15) is 14.0 Å². The molecule has 2 aromatic rings. The zero-order valence-corrected chi connectivity index (χ0v) is 16.8. The van der Waals surface area contributed by atoms with Crippen LogP contribution in [0, 0.1) is 5.82 Å². The number of hydrazine groups is 1. The molecule has 0 aromatic heterocycles. The number of halogens is 3. The van der Waals surface area contributed by atoms with Crippen LogP contribution in [0.2, 0.25) is 5.02 Å². The minimum Gasteiger partial charge on any atom is -0.267 e. The van der Waals surface area contributed by atoms with Gasteiger partial charge < -0.3 is 0 Å². The van der Waals surface area contributed by atoms with E-state index in [2.05, 4.69) is 21.4 Å². The summed E-state index contributed by atoms with van der Waals surface area (Å²) in [5.41, 5.74) is 3.45. The third-order valence-corrected chi connectivity index (χ3v) is 5.52. The standard InChI is InChI=1S/C17H9BrClFN2O2S2/c18-12-7-9(1-6-13(12)20)8-14-16(24)22(17(25)26-14)21-15(23)10-2-4-11(19)5-3-10/h1-8H,(H,21,23)/b14-8+. The number of benzene rings is 2. The summed E-state index contributed by atoms with van der Waals surface area (Å²) in [5, 5.41) is 1.52. The number of carbonyl (C=O) groups is 2. The van der Waals surface area contributed by atoms with Crippen molar-refractivity contribution in [2.24, 2.45) is 0 Å². The smallest absolute Gasteiger partial charge is 0.267 e. The number of hydrogen-bond acceptors (Lipinski definition) is 4. The van der Waals surface area contributed by atoms with Gasteiger partial charge in [-0.3, -0.25) is 15.0 Å². The van der Waals surface area contributed by atoms with E-state index < -0.39 is 17.6 Å². The third-order valence-electron chi connectivity index (χ3n) is 3.35. The minimum atomic E-state index is -0.483. The SMILES string of the molecule is O=C(NN1C(=O)/C(=C\c2ccc(F)c(Br)c2)SC1=S)c1ccc(Cl)cc1. The lowest BCUT2D eigenvalue weighted by Gasteiger charge is -2.15. The molecule has 0 radical (unpaired) electrons. The Balaban J connectivity index is 1.78. The average Bonchev–Trinajstić information content (AvgIpc) is 2.86. The van der Waals surface area contributed by atoms with Crippen molar-refractivity contribution >= 4 is 73.7 Å². The number of hydrogen-bond donors (Lipinski definition) is 1. The number of nitrogens with one attached hydrogen (secondary N) is 1. The molecule has 2 amide bonds. The van der Waals surface area contributed by atoms with Crippen molar-refractivity contribution in [3.63, 3.8) is 0 Å². The molecule has 26 heavy (non-hydrogen) atoms. The summed E-state index contributed by atoms with van der Waals surface area (Å²) in [6.45, 7) is 0. The van der Waals surface area contributed by atoms with Gasteiger partial charge in [0.25, 0.3) is 11.8 Å². The van der Waals surface area contributed by atoms with Crippen LogP contribution in [0.15, 0.2) is 51.8 Å². The van der Waals surface area contributed by atoms with E-state index in [-0.39, 0.29) is 8.79 Å². The van der Waals surface area contributed by atoms with E-state index in [0.29, 0.717) is 21.1 Å². The molecular formula is C17H9BrClFN2O2S2. The Kier molecular flexibility index (Phi) is 5.76. The molecule has 4 nitrogen and oxygen atoms in total. The molecule has 0 bridgehead atoms. The number of thioether (sulfide) groups is 1. The van der Waals surface area contributed by atoms with Crippen LogP contribution in [-0.2, 0) is 4.79 Å². The number of amides is 2. The van der Waals surface area contributed by atoms with Crippen molar-refractivity contribution in [3.8, 4) is 0 Å². The number of carbonyl (C=O) groups excluding carboxylic acids is 2. The van der Waals surface area contributed by atoms with Gasteiger partial charge in [0.15, 0.2) is 4.32 Å². The van der Waals surface area contributed by atoms with E-state index in [1.165, 1.54) is 6.07 Å². The number of thiocarbonyl (C=S) groups is 1. The molecule has 0 aliphatic carbocycles. The second-order valence-corrected chi connectivity index (χ2v) is 8.11. The first-order valence-electron chi connectivity index (χ1n) is 7.15. The molecule has 2 aromatic carbocycles. The second kappa shape index (κ2) is 7.87. The highest BCUT2D eigenvalue weighted by Crippen LogP contribution is 2.32. The summed E-state index contributed by atoms with van der Waals surface area (Å²) < 4.78 is 13.8. The lowest BCUT2D eigenvalue weighted by molar-refractivity contribution is -0.123. The van der Waals surface area contributed by atoms with Gasteiger partial charge in [-0.2, -0.15) is 5.01 Å². The lowest BCUT2D eigenvalue weighted by Crippen LogP contribution is -2.44. The molecule has 0 unspecified atom stereocenters. The van der Waals surface area contributed by atoms with E-state index in [0.717, 1.165) is 16.8 Å². The predicted octanol–water partition coefficient (Wildman–Crippen LogP) is 4.79. The van der Waals surface area contributed by atoms with Gasteiger partial charge in [0.2, 0.25) is 0 Å². The molecule has 1 heterocycles. The fourth-order valence-electron chi connectivity index (χ4n) is 2.08. The van der Waals surface area contributed by atoms with Gasteiger partial charge in [0.1, 0.15) is 5.82 Å². The molecule has 9 heteroatoms. The van der Waals surface area contributed by atoms with E-state index in [1.807, 2.05) is 0 Å². The topological polar surface area (TPSA) is 49.4 Å². The van der Waals surface area contributed by atoms with Crippen molar-refractivity contribution in [2.75, 3.05) is 0 Å². The maximum Gasteiger partial charge on any atom is 0.285 e. The van der Waals surface area contributed by atoms with Crippen molar-refractivity contribution in [1.29, 1.82) is 0 Å². The molecule has 1 aliphatic rings. The van der Waals surface area contributed by atoms with Crippen LogP contribution < -0.4 is 5.43 Å². The van der Waals surface area contributed by atoms with E-state index in [1.54, 1.807) is 42.5 Å². The summed E-state index contributed by atoms with van der Waals surface area (Å²) in [6, 6.07) is 10.6. The molecule has 0 spiro atoms. The van der Waals surface area contributed by atoms with Gasteiger partial charge >= 0.3 is 0 Å². The Morgan fingerprint density at radius 2 is 1.96 bits per heavy atom. The van der Waals surface area contributed by atoms with Gasteiger partial charge in [-0.15, -0.1) is 0 Å². The van der Waals surface area contributed by atoms with Gasteiger partial charge in [-0.05, 0) is 76.2 Å². The van der Waals surface area contributed by atoms with E-state index in [4.69, 9.17) is 23.8 Å². The molecule has 1 fully saturated rings. The van der Waals surface area contributed by atoms with Crippen LogP contribution in [0.25, 0.3) is 6.08 Å². The Bertz CT molecular complexity index is 950. The van der Waals surface area contributed by atoms with Gasteiger partial charge in [0.05, 0.1) is 9.38 Å². The monoisotopic (exact) mass is 470 g/mol. The predicted molar refractivity (Wildman–Crippen MR) is 108 cm³/mol. The first kappa shape index (κ1) is 19.0. The largest absolute Gasteiger partial charge is 0.285 e. The molecule has 132 valence electrons. The number of rotatable bonds is 3. The molecule has 1 aliphatic heterocycles. The fraction of sp³-hybridized carbons (Fsp3) is 0. The van der Waals surface area contributed by atoms with E-state index >= 15 is 0 Å². The minimum absolute atomic E-state index is 0.199. The summed E-state index contributed by atoms with van der Waals surface area (Å²) in [6.07, 6.45) is 1.58. The Hall–Kier alpha value is -1.74. The van der Waals surface area contributed by atoms with Crippen LogP contribution in [0.1, 0.15) is 15.9 Å². The quantitative estimate of drug-likeness (QED) is 0.517. The fourth-order valence-corrected chi connectivity index (χ4v) is 3.79. The molecule has 0 atom stereocenters. The maximum atomic E-state index is 13.3. The summed E-state index contributed by atoms with van der Waals surface area (Å²) in [5.74, 6) is -1.34. The average molecular weight is 472 g/mol. The van der Waals surface area contributed by atoms with Gasteiger partial charge in [0, 0.05) is 10.6 Å². The molecule has 1 N–H and O–H groups in total. The lowest BCUT2D eigenvalue weighted by atomic mass is 10.2. The van der Waals surface area contributed by atoms with Gasteiger partial charge in [-0.1, -0.05) is 29.4 Å². The Morgan fingerprint density at radius 3 is 2.62 bits per heavy atom.